The van der Waals surface area contributed by atoms with Crippen LogP contribution in [0.25, 0.3) is 0 Å². The van der Waals surface area contributed by atoms with Crippen LogP contribution in [0.15, 0.2) is 84.9 Å². The Morgan fingerprint density at radius 1 is 0.636 bits per heavy atom. The first-order chi connectivity index (χ1) is 10.7. The van der Waals surface area contributed by atoms with Gasteiger partial charge in [0.05, 0.1) is 0 Å². The summed E-state index contributed by atoms with van der Waals surface area (Å²) in [4.78, 5) is 0. The largest absolute Gasteiger partial charge is 0.309 e. The summed E-state index contributed by atoms with van der Waals surface area (Å²) in [5.41, 5.74) is 0.788. The van der Waals surface area contributed by atoms with Gasteiger partial charge in [0.1, 0.15) is 0 Å². The monoisotopic (exact) mass is 302 g/mol. The minimum absolute atomic E-state index is 0.788. The summed E-state index contributed by atoms with van der Waals surface area (Å²) in [6, 6.07) is 26.6. The highest BCUT2D eigenvalue weighted by Crippen LogP contribution is 2.42. The van der Waals surface area contributed by atoms with E-state index < -0.39 is 7.14 Å². The van der Waals surface area contributed by atoms with Crippen molar-refractivity contribution in [3.8, 4) is 12.3 Å². The number of benzene rings is 3. The molecule has 3 aromatic carbocycles. The van der Waals surface area contributed by atoms with Gasteiger partial charge >= 0.3 is 0 Å². The van der Waals surface area contributed by atoms with Crippen LogP contribution in [0.2, 0.25) is 0 Å². The van der Waals surface area contributed by atoms with Crippen molar-refractivity contribution in [1.29, 1.82) is 0 Å². The molecule has 3 aromatic rings. The van der Waals surface area contributed by atoms with Crippen LogP contribution in [-0.4, -0.2) is 0 Å². The van der Waals surface area contributed by atoms with E-state index in [1.807, 2.05) is 84.9 Å². The van der Waals surface area contributed by atoms with Crippen LogP contribution in [0.5, 0.6) is 0 Å². The molecule has 0 amide bonds. The first-order valence-electron chi connectivity index (χ1n) is 7.03. The minimum Gasteiger partial charge on any atom is -0.309 e. The van der Waals surface area contributed by atoms with Gasteiger partial charge in [0.2, 0.25) is 0 Å². The summed E-state index contributed by atoms with van der Waals surface area (Å²) in [5, 5.41) is 2.45. The highest BCUT2D eigenvalue weighted by molar-refractivity contribution is 7.85. The van der Waals surface area contributed by atoms with Gasteiger partial charge < -0.3 is 4.57 Å². The predicted molar refractivity (Wildman–Crippen MR) is 93.8 cm³/mol. The maximum absolute atomic E-state index is 14.0. The Labute approximate surface area is 131 Å². The van der Waals surface area contributed by atoms with Crippen LogP contribution in [0.4, 0.5) is 0 Å². The van der Waals surface area contributed by atoms with Gasteiger partial charge in [-0.2, -0.15) is 0 Å². The van der Waals surface area contributed by atoms with Crippen molar-refractivity contribution in [3.63, 3.8) is 0 Å². The summed E-state index contributed by atoms with van der Waals surface area (Å²) in [7, 11) is -2.88. The molecule has 3 rings (SSSR count). The highest BCUT2D eigenvalue weighted by Gasteiger charge is 2.29. The van der Waals surface area contributed by atoms with E-state index >= 15 is 0 Å². The van der Waals surface area contributed by atoms with Gasteiger partial charge in [-0.25, -0.2) is 0 Å². The molecule has 0 spiro atoms. The van der Waals surface area contributed by atoms with E-state index in [1.165, 1.54) is 0 Å². The van der Waals surface area contributed by atoms with E-state index in [1.54, 1.807) is 0 Å². The normalized spacial score (nSPS) is 10.9. The molecule has 0 fully saturated rings. The molecule has 0 saturated carbocycles. The van der Waals surface area contributed by atoms with Crippen LogP contribution in [0.3, 0.4) is 0 Å². The molecule has 0 bridgehead atoms. The summed E-state index contributed by atoms with van der Waals surface area (Å²) in [5.74, 6) is 2.60. The zero-order valence-corrected chi connectivity index (χ0v) is 12.9. The second kappa shape index (κ2) is 6.06. The van der Waals surface area contributed by atoms with Crippen LogP contribution < -0.4 is 15.9 Å². The first-order valence-corrected chi connectivity index (χ1v) is 8.74. The van der Waals surface area contributed by atoms with Crippen molar-refractivity contribution in [1.82, 2.24) is 0 Å². The van der Waals surface area contributed by atoms with Crippen LogP contribution in [-0.2, 0) is 4.57 Å². The molecule has 0 aromatic heterocycles. The number of rotatable bonds is 3. The van der Waals surface area contributed by atoms with E-state index in [-0.39, 0.29) is 0 Å². The van der Waals surface area contributed by atoms with E-state index in [0.29, 0.717) is 0 Å². The van der Waals surface area contributed by atoms with E-state index in [9.17, 15) is 4.57 Å². The number of hydrogen-bond donors (Lipinski definition) is 0. The summed E-state index contributed by atoms with van der Waals surface area (Å²) >= 11 is 0. The summed E-state index contributed by atoms with van der Waals surface area (Å²) < 4.78 is 14.0. The van der Waals surface area contributed by atoms with Crippen LogP contribution >= 0.6 is 7.14 Å². The van der Waals surface area contributed by atoms with Crippen LogP contribution in [0.1, 0.15) is 5.56 Å². The first kappa shape index (κ1) is 14.4. The SMILES string of the molecule is C#Cc1ccc(P(=O)(c2ccccc2)c2ccccc2)cc1. The topological polar surface area (TPSA) is 17.1 Å². The molecule has 1 nitrogen and oxygen atoms in total. The molecule has 0 unspecified atom stereocenters. The lowest BCUT2D eigenvalue weighted by Gasteiger charge is -2.19. The molecule has 0 atom stereocenters. The second-order valence-electron chi connectivity index (χ2n) is 4.97. The second-order valence-corrected chi connectivity index (χ2v) is 7.74. The van der Waals surface area contributed by atoms with E-state index in [2.05, 4.69) is 5.92 Å². The van der Waals surface area contributed by atoms with Crippen molar-refractivity contribution in [2.75, 3.05) is 0 Å². The molecule has 0 heterocycles. The molecule has 0 N–H and O–H groups in total. The zero-order valence-electron chi connectivity index (χ0n) is 12.0. The minimum atomic E-state index is -2.88. The maximum atomic E-state index is 14.0. The third-order valence-corrected chi connectivity index (χ3v) is 6.71. The quantitative estimate of drug-likeness (QED) is 0.536. The Kier molecular flexibility index (Phi) is 3.96. The summed E-state index contributed by atoms with van der Waals surface area (Å²) in [6.07, 6.45) is 5.41. The van der Waals surface area contributed by atoms with Gasteiger partial charge in [0, 0.05) is 21.5 Å². The molecule has 0 aliphatic carbocycles. The molecule has 0 saturated heterocycles. The molecule has 0 aliphatic rings. The Balaban J connectivity index is 2.24. The van der Waals surface area contributed by atoms with E-state index in [0.717, 1.165) is 21.5 Å². The number of hydrogen-bond acceptors (Lipinski definition) is 1. The smallest absolute Gasteiger partial charge is 0.171 e. The average Bonchev–Trinajstić information content (AvgIpc) is 2.62. The van der Waals surface area contributed by atoms with Crippen molar-refractivity contribution >= 4 is 23.1 Å². The highest BCUT2D eigenvalue weighted by atomic mass is 31.2. The predicted octanol–water partition coefficient (Wildman–Crippen LogP) is 3.31. The summed E-state index contributed by atoms with van der Waals surface area (Å²) in [6.45, 7) is 0. The van der Waals surface area contributed by atoms with Crippen molar-refractivity contribution < 1.29 is 4.57 Å². The van der Waals surface area contributed by atoms with Crippen molar-refractivity contribution in [2.24, 2.45) is 0 Å². The molecule has 0 aliphatic heterocycles. The third kappa shape index (κ3) is 2.50. The average molecular weight is 302 g/mol. The third-order valence-electron chi connectivity index (χ3n) is 3.64. The molecule has 106 valence electrons. The zero-order chi connectivity index (χ0) is 15.4. The Morgan fingerprint density at radius 2 is 1.05 bits per heavy atom. The lowest BCUT2D eigenvalue weighted by Crippen LogP contribution is -2.24. The molecular formula is C20H15OP. The van der Waals surface area contributed by atoms with Gasteiger partial charge in [-0.1, -0.05) is 66.6 Å². The molecule has 0 radical (unpaired) electrons. The van der Waals surface area contributed by atoms with Gasteiger partial charge in [0.25, 0.3) is 0 Å². The fraction of sp³-hybridized carbons (Fsp3) is 0. The van der Waals surface area contributed by atoms with Crippen molar-refractivity contribution in [2.45, 2.75) is 0 Å². The van der Waals surface area contributed by atoms with Crippen LogP contribution in [0, 0.1) is 12.3 Å². The standard InChI is InChI=1S/C20H15OP/c1-2-17-13-15-20(16-14-17)22(21,18-9-5-3-6-10-18)19-11-7-4-8-12-19/h1,3-16H. The van der Waals surface area contributed by atoms with Gasteiger partial charge in [-0.15, -0.1) is 6.42 Å². The molecular weight excluding hydrogens is 287 g/mol. The molecule has 22 heavy (non-hydrogen) atoms. The van der Waals surface area contributed by atoms with Gasteiger partial charge in [-0.05, 0) is 24.3 Å². The fourth-order valence-electron chi connectivity index (χ4n) is 2.49. The fourth-order valence-corrected chi connectivity index (χ4v) is 5.14. The van der Waals surface area contributed by atoms with E-state index in [4.69, 9.17) is 6.42 Å². The Bertz CT molecular complexity index is 800. The number of terminal acetylenes is 1. The molecule has 2 heteroatoms. The lowest BCUT2D eigenvalue weighted by atomic mass is 10.2. The lowest BCUT2D eigenvalue weighted by molar-refractivity contribution is 0.592. The van der Waals surface area contributed by atoms with Gasteiger partial charge in [0.15, 0.2) is 7.14 Å². The maximum Gasteiger partial charge on any atom is 0.171 e. The van der Waals surface area contributed by atoms with Crippen molar-refractivity contribution in [3.05, 3.63) is 90.5 Å². The van der Waals surface area contributed by atoms with Gasteiger partial charge in [-0.3, -0.25) is 0 Å². The Hall–Kier alpha value is -2.55. The Morgan fingerprint density at radius 3 is 1.45 bits per heavy atom.